The minimum Gasteiger partial charge on any atom is -0.206 e. The van der Waals surface area contributed by atoms with E-state index in [1.165, 1.54) is 13.0 Å². The standard InChI is InChI=1S/C23H19F3/c1-3-16-8-13-20(21(24)14-16)18-10-5-17(6-11-18)7-12-19-9-4-15(2)22(25)23(19)26/h4-14H,3H2,1-2H3/b12-7+. The van der Waals surface area contributed by atoms with Crippen molar-refractivity contribution in [3.63, 3.8) is 0 Å². The quantitative estimate of drug-likeness (QED) is 0.452. The smallest absolute Gasteiger partial charge is 0.166 e. The van der Waals surface area contributed by atoms with Gasteiger partial charge in [0.2, 0.25) is 0 Å². The van der Waals surface area contributed by atoms with Crippen LogP contribution in [0.3, 0.4) is 0 Å². The van der Waals surface area contributed by atoms with Crippen molar-refractivity contribution in [3.05, 3.63) is 94.3 Å². The maximum Gasteiger partial charge on any atom is 0.166 e. The zero-order chi connectivity index (χ0) is 18.7. The Morgan fingerprint density at radius 1 is 0.808 bits per heavy atom. The average molecular weight is 352 g/mol. The minimum absolute atomic E-state index is 0.193. The lowest BCUT2D eigenvalue weighted by Gasteiger charge is -2.06. The Morgan fingerprint density at radius 2 is 1.54 bits per heavy atom. The van der Waals surface area contributed by atoms with E-state index in [0.29, 0.717) is 5.56 Å². The second-order valence-corrected chi connectivity index (χ2v) is 6.22. The Bertz CT molecular complexity index is 954. The van der Waals surface area contributed by atoms with E-state index in [4.69, 9.17) is 0 Å². The largest absolute Gasteiger partial charge is 0.206 e. The molecule has 0 fully saturated rings. The van der Waals surface area contributed by atoms with Gasteiger partial charge in [0.1, 0.15) is 5.82 Å². The van der Waals surface area contributed by atoms with Crippen molar-refractivity contribution in [2.24, 2.45) is 0 Å². The van der Waals surface area contributed by atoms with Crippen LogP contribution in [0.15, 0.2) is 54.6 Å². The fraction of sp³-hybridized carbons (Fsp3) is 0.130. The Labute approximate surface area is 151 Å². The van der Waals surface area contributed by atoms with Crippen LogP contribution >= 0.6 is 0 Å². The summed E-state index contributed by atoms with van der Waals surface area (Å²) in [5, 5.41) is 0. The van der Waals surface area contributed by atoms with Gasteiger partial charge in [-0.15, -0.1) is 0 Å². The Kier molecular flexibility index (Phi) is 5.27. The fourth-order valence-electron chi connectivity index (χ4n) is 2.76. The summed E-state index contributed by atoms with van der Waals surface area (Å²) in [6, 6.07) is 15.6. The minimum atomic E-state index is -0.851. The normalized spacial score (nSPS) is 11.3. The van der Waals surface area contributed by atoms with Crippen LogP contribution in [0.25, 0.3) is 23.3 Å². The topological polar surface area (TPSA) is 0 Å². The van der Waals surface area contributed by atoms with E-state index in [1.807, 2.05) is 37.3 Å². The number of benzene rings is 3. The molecular formula is C23H19F3. The predicted molar refractivity (Wildman–Crippen MR) is 101 cm³/mol. The molecule has 0 saturated carbocycles. The molecule has 0 heterocycles. The van der Waals surface area contributed by atoms with Crippen LogP contribution in [0, 0.1) is 24.4 Å². The van der Waals surface area contributed by atoms with Crippen molar-refractivity contribution in [2.75, 3.05) is 0 Å². The molecule has 0 unspecified atom stereocenters. The van der Waals surface area contributed by atoms with Crippen molar-refractivity contribution >= 4 is 12.2 Å². The van der Waals surface area contributed by atoms with E-state index >= 15 is 0 Å². The highest BCUT2D eigenvalue weighted by Crippen LogP contribution is 2.25. The molecule has 0 aliphatic heterocycles. The first-order valence-corrected chi connectivity index (χ1v) is 8.51. The number of aryl methyl sites for hydroxylation is 2. The molecule has 3 rings (SSSR count). The molecule has 26 heavy (non-hydrogen) atoms. The van der Waals surface area contributed by atoms with Gasteiger partial charge >= 0.3 is 0 Å². The monoisotopic (exact) mass is 352 g/mol. The van der Waals surface area contributed by atoms with E-state index in [2.05, 4.69) is 0 Å². The molecule has 0 aliphatic carbocycles. The molecule has 0 N–H and O–H groups in total. The van der Waals surface area contributed by atoms with Gasteiger partial charge < -0.3 is 0 Å². The van der Waals surface area contributed by atoms with Crippen molar-refractivity contribution in [2.45, 2.75) is 20.3 Å². The molecule has 0 saturated heterocycles. The lowest BCUT2D eigenvalue weighted by atomic mass is 10.0. The third-order valence-corrected chi connectivity index (χ3v) is 4.42. The van der Waals surface area contributed by atoms with Gasteiger partial charge in [0.15, 0.2) is 11.6 Å². The third-order valence-electron chi connectivity index (χ3n) is 4.42. The highest BCUT2D eigenvalue weighted by Gasteiger charge is 2.09. The number of hydrogen-bond acceptors (Lipinski definition) is 0. The lowest BCUT2D eigenvalue weighted by molar-refractivity contribution is 0.501. The second kappa shape index (κ2) is 7.61. The van der Waals surface area contributed by atoms with Crippen molar-refractivity contribution in [1.82, 2.24) is 0 Å². The summed E-state index contributed by atoms with van der Waals surface area (Å²) in [5.41, 5.74) is 3.57. The highest BCUT2D eigenvalue weighted by atomic mass is 19.2. The van der Waals surface area contributed by atoms with Crippen molar-refractivity contribution < 1.29 is 13.2 Å². The summed E-state index contributed by atoms with van der Waals surface area (Å²) in [6.45, 7) is 3.51. The Hall–Kier alpha value is -2.81. The van der Waals surface area contributed by atoms with Gasteiger partial charge in [-0.05, 0) is 41.7 Å². The molecule has 132 valence electrons. The molecule has 0 spiro atoms. The Morgan fingerprint density at radius 3 is 2.19 bits per heavy atom. The summed E-state index contributed by atoms with van der Waals surface area (Å²) in [5.74, 6) is -1.92. The molecule has 0 amide bonds. The first-order valence-electron chi connectivity index (χ1n) is 8.51. The van der Waals surface area contributed by atoms with Crippen LogP contribution in [0.5, 0.6) is 0 Å². The number of rotatable bonds is 4. The SMILES string of the molecule is CCc1ccc(-c2ccc(/C=C/c3ccc(C)c(F)c3F)cc2)c(F)c1. The first-order chi connectivity index (χ1) is 12.5. The van der Waals surface area contributed by atoms with E-state index in [9.17, 15) is 13.2 Å². The number of halogens is 3. The van der Waals surface area contributed by atoms with Crippen LogP contribution in [0.2, 0.25) is 0 Å². The lowest BCUT2D eigenvalue weighted by Crippen LogP contribution is -1.92. The molecular weight excluding hydrogens is 333 g/mol. The van der Waals surface area contributed by atoms with Crippen molar-refractivity contribution in [1.29, 1.82) is 0 Å². The van der Waals surface area contributed by atoms with Gasteiger partial charge in [-0.2, -0.15) is 0 Å². The molecule has 0 aliphatic rings. The molecule has 3 aromatic carbocycles. The molecule has 0 nitrogen and oxygen atoms in total. The van der Waals surface area contributed by atoms with Gasteiger partial charge in [-0.1, -0.05) is 67.6 Å². The van der Waals surface area contributed by atoms with Gasteiger partial charge in [-0.3, -0.25) is 0 Å². The average Bonchev–Trinajstić information content (AvgIpc) is 2.66. The highest BCUT2D eigenvalue weighted by molar-refractivity contribution is 5.72. The molecule has 0 atom stereocenters. The summed E-state index contributed by atoms with van der Waals surface area (Å²) >= 11 is 0. The Balaban J connectivity index is 1.83. The van der Waals surface area contributed by atoms with E-state index in [0.717, 1.165) is 23.1 Å². The maximum atomic E-state index is 14.2. The second-order valence-electron chi connectivity index (χ2n) is 6.22. The zero-order valence-corrected chi connectivity index (χ0v) is 14.7. The van der Waals surface area contributed by atoms with Crippen LogP contribution in [0.4, 0.5) is 13.2 Å². The zero-order valence-electron chi connectivity index (χ0n) is 14.7. The number of hydrogen-bond donors (Lipinski definition) is 0. The van der Waals surface area contributed by atoms with E-state index < -0.39 is 11.6 Å². The predicted octanol–water partition coefficient (Wildman–Crippen LogP) is 6.81. The molecule has 0 aromatic heterocycles. The first kappa shape index (κ1) is 18.0. The van der Waals surface area contributed by atoms with E-state index in [-0.39, 0.29) is 16.9 Å². The molecule has 0 bridgehead atoms. The van der Waals surface area contributed by atoms with Crippen LogP contribution in [-0.2, 0) is 6.42 Å². The van der Waals surface area contributed by atoms with Crippen molar-refractivity contribution in [3.8, 4) is 11.1 Å². The van der Waals surface area contributed by atoms with Gasteiger partial charge in [0, 0.05) is 11.1 Å². The molecule has 3 heteroatoms. The van der Waals surface area contributed by atoms with Crippen LogP contribution in [-0.4, -0.2) is 0 Å². The summed E-state index contributed by atoms with van der Waals surface area (Å²) in [4.78, 5) is 0. The van der Waals surface area contributed by atoms with Crippen LogP contribution < -0.4 is 0 Å². The molecule has 0 radical (unpaired) electrons. The van der Waals surface area contributed by atoms with Crippen LogP contribution in [0.1, 0.15) is 29.2 Å². The summed E-state index contributed by atoms with van der Waals surface area (Å²) in [6.07, 6.45) is 4.02. The van der Waals surface area contributed by atoms with Gasteiger partial charge in [-0.25, -0.2) is 13.2 Å². The summed E-state index contributed by atoms with van der Waals surface area (Å²) in [7, 11) is 0. The fourth-order valence-corrected chi connectivity index (χ4v) is 2.76. The molecule has 3 aromatic rings. The van der Waals surface area contributed by atoms with Gasteiger partial charge in [0.25, 0.3) is 0 Å². The van der Waals surface area contributed by atoms with Gasteiger partial charge in [0.05, 0.1) is 0 Å². The summed E-state index contributed by atoms with van der Waals surface area (Å²) < 4.78 is 41.7. The van der Waals surface area contributed by atoms with E-state index in [1.54, 1.807) is 30.3 Å². The third kappa shape index (κ3) is 3.72. The maximum absolute atomic E-state index is 14.2.